The second-order valence-corrected chi connectivity index (χ2v) is 8.70. The second-order valence-electron chi connectivity index (χ2n) is 6.93. The minimum Gasteiger partial charge on any atom is -0.508 e. The van der Waals surface area contributed by atoms with Gasteiger partial charge in [-0.05, 0) is 38.5 Å². The number of aromatic hydroxyl groups is 1. The zero-order chi connectivity index (χ0) is 18.5. The van der Waals surface area contributed by atoms with Gasteiger partial charge >= 0.3 is 0 Å². The van der Waals surface area contributed by atoms with Crippen molar-refractivity contribution in [1.82, 2.24) is 10.2 Å². The SMILES string of the molecule is CC(=O)[C@@H]1N2C(=O)[C@@H](NC(=O)[C@H](N)c3ccc(O)cc3)[C@H]2SC1(C)C. The molecule has 2 fully saturated rings. The van der Waals surface area contributed by atoms with E-state index in [4.69, 9.17) is 5.73 Å². The number of Topliss-reactive ketones (excluding diaryl/α,β-unsaturated/α-hetero) is 1. The topological polar surface area (TPSA) is 113 Å². The number of hydrogen-bond acceptors (Lipinski definition) is 6. The van der Waals surface area contributed by atoms with Gasteiger partial charge in [0.2, 0.25) is 11.8 Å². The molecular formula is C17H21N3O4S. The van der Waals surface area contributed by atoms with Gasteiger partial charge in [-0.2, -0.15) is 0 Å². The quantitative estimate of drug-likeness (QED) is 0.673. The molecule has 2 heterocycles. The number of thioether (sulfide) groups is 1. The Morgan fingerprint density at radius 1 is 1.32 bits per heavy atom. The highest BCUT2D eigenvalue weighted by molar-refractivity contribution is 8.01. The van der Waals surface area contributed by atoms with Gasteiger partial charge in [0.25, 0.3) is 0 Å². The van der Waals surface area contributed by atoms with Gasteiger partial charge in [-0.1, -0.05) is 12.1 Å². The highest BCUT2D eigenvalue weighted by Crippen LogP contribution is 2.50. The predicted molar refractivity (Wildman–Crippen MR) is 93.7 cm³/mol. The summed E-state index contributed by atoms with van der Waals surface area (Å²) in [5.74, 6) is -0.692. The van der Waals surface area contributed by atoms with E-state index < -0.39 is 28.8 Å². The van der Waals surface area contributed by atoms with Gasteiger partial charge in [0, 0.05) is 4.75 Å². The third-order valence-electron chi connectivity index (χ3n) is 4.66. The normalized spacial score (nSPS) is 28.1. The molecule has 25 heavy (non-hydrogen) atoms. The molecule has 8 heteroatoms. The number of carbonyl (C=O) groups excluding carboxylic acids is 3. The monoisotopic (exact) mass is 363 g/mol. The molecule has 0 radical (unpaired) electrons. The van der Waals surface area contributed by atoms with Crippen molar-refractivity contribution in [3.8, 4) is 5.75 Å². The van der Waals surface area contributed by atoms with Gasteiger partial charge in [-0.15, -0.1) is 11.8 Å². The summed E-state index contributed by atoms with van der Waals surface area (Å²) in [6.07, 6.45) is 0. The Morgan fingerprint density at radius 2 is 1.92 bits per heavy atom. The van der Waals surface area contributed by atoms with Crippen molar-refractivity contribution in [2.75, 3.05) is 0 Å². The summed E-state index contributed by atoms with van der Waals surface area (Å²) in [6.45, 7) is 5.34. The van der Waals surface area contributed by atoms with Crippen molar-refractivity contribution in [3.63, 3.8) is 0 Å². The summed E-state index contributed by atoms with van der Waals surface area (Å²) >= 11 is 1.51. The van der Waals surface area contributed by atoms with Crippen LogP contribution in [-0.4, -0.2) is 49.8 Å². The van der Waals surface area contributed by atoms with Gasteiger partial charge in [0.15, 0.2) is 5.78 Å². The molecule has 0 saturated carbocycles. The van der Waals surface area contributed by atoms with Gasteiger partial charge < -0.3 is 21.1 Å². The standard InChI is InChI=1S/C17H21N3O4S/c1-8(21)13-17(2,3)25-16-12(15(24)20(13)16)19-14(23)11(18)9-4-6-10(22)7-5-9/h4-7,11-13,16,22H,18H2,1-3H3,(H,19,23)/t11-,12-,13+,16-/m1/s1. The Balaban J connectivity index is 1.70. The minimum absolute atomic E-state index is 0.0566. The van der Waals surface area contributed by atoms with E-state index in [1.54, 1.807) is 17.0 Å². The van der Waals surface area contributed by atoms with Crippen LogP contribution in [0, 0.1) is 0 Å². The van der Waals surface area contributed by atoms with Crippen LogP contribution in [0.4, 0.5) is 0 Å². The number of ketones is 1. The maximum atomic E-state index is 12.5. The lowest BCUT2D eigenvalue weighted by atomic mass is 9.93. The zero-order valence-corrected chi connectivity index (χ0v) is 15.0. The van der Waals surface area contributed by atoms with Crippen molar-refractivity contribution >= 4 is 29.4 Å². The van der Waals surface area contributed by atoms with Crippen molar-refractivity contribution in [1.29, 1.82) is 0 Å². The van der Waals surface area contributed by atoms with Crippen molar-refractivity contribution in [2.24, 2.45) is 5.73 Å². The zero-order valence-electron chi connectivity index (χ0n) is 14.2. The number of nitrogens with one attached hydrogen (secondary N) is 1. The van der Waals surface area contributed by atoms with Gasteiger partial charge in [0.1, 0.15) is 29.2 Å². The molecule has 2 saturated heterocycles. The molecule has 0 bridgehead atoms. The molecule has 1 aromatic rings. The van der Waals surface area contributed by atoms with Crippen LogP contribution >= 0.6 is 11.8 Å². The van der Waals surface area contributed by atoms with E-state index in [0.717, 1.165) is 0 Å². The number of β-lactam (4-membered cyclic amide) rings is 1. The molecule has 3 rings (SSSR count). The van der Waals surface area contributed by atoms with Crippen LogP contribution in [0.1, 0.15) is 32.4 Å². The van der Waals surface area contributed by atoms with Crippen LogP contribution in [0.2, 0.25) is 0 Å². The van der Waals surface area contributed by atoms with E-state index in [9.17, 15) is 19.5 Å². The lowest BCUT2D eigenvalue weighted by Gasteiger charge is -2.44. The van der Waals surface area contributed by atoms with Crippen LogP contribution in [0.15, 0.2) is 24.3 Å². The van der Waals surface area contributed by atoms with E-state index in [-0.39, 0.29) is 22.8 Å². The highest BCUT2D eigenvalue weighted by Gasteiger charge is 2.63. The van der Waals surface area contributed by atoms with Crippen LogP contribution in [0.25, 0.3) is 0 Å². The number of rotatable bonds is 4. The van der Waals surface area contributed by atoms with Crippen molar-refractivity contribution in [3.05, 3.63) is 29.8 Å². The fourth-order valence-corrected chi connectivity index (χ4v) is 5.18. The molecule has 2 aliphatic heterocycles. The third-order valence-corrected chi connectivity index (χ3v) is 6.23. The summed E-state index contributed by atoms with van der Waals surface area (Å²) in [5.41, 5.74) is 6.49. The van der Waals surface area contributed by atoms with Crippen LogP contribution in [-0.2, 0) is 14.4 Å². The molecule has 7 nitrogen and oxygen atoms in total. The Labute approximate surface area is 149 Å². The molecule has 0 aliphatic carbocycles. The van der Waals surface area contributed by atoms with E-state index in [2.05, 4.69) is 5.32 Å². The molecule has 0 spiro atoms. The molecule has 4 N–H and O–H groups in total. The number of nitrogens with zero attached hydrogens (tertiary/aromatic N) is 1. The van der Waals surface area contributed by atoms with Gasteiger partial charge in [-0.25, -0.2) is 0 Å². The number of benzene rings is 1. The number of phenolic OH excluding ortho intramolecular Hbond substituents is 1. The van der Waals surface area contributed by atoms with Crippen LogP contribution in [0.3, 0.4) is 0 Å². The Bertz CT molecular complexity index is 734. The first-order valence-corrected chi connectivity index (χ1v) is 8.87. The summed E-state index contributed by atoms with van der Waals surface area (Å²) in [6, 6.07) is 3.93. The Hall–Kier alpha value is -2.06. The smallest absolute Gasteiger partial charge is 0.249 e. The molecule has 1 aromatic carbocycles. The lowest BCUT2D eigenvalue weighted by molar-refractivity contribution is -0.154. The number of hydrogen-bond donors (Lipinski definition) is 3. The lowest BCUT2D eigenvalue weighted by Crippen LogP contribution is -2.70. The summed E-state index contributed by atoms with van der Waals surface area (Å²) < 4.78 is -0.398. The van der Waals surface area contributed by atoms with E-state index in [1.807, 2.05) is 13.8 Å². The number of carbonyl (C=O) groups is 3. The first kappa shape index (κ1) is 17.8. The Kier molecular flexibility index (Phi) is 4.28. The number of amides is 2. The number of phenols is 1. The average molecular weight is 363 g/mol. The van der Waals surface area contributed by atoms with Gasteiger partial charge in [-0.3, -0.25) is 14.4 Å². The second kappa shape index (κ2) is 6.03. The highest BCUT2D eigenvalue weighted by atomic mass is 32.2. The fourth-order valence-electron chi connectivity index (χ4n) is 3.49. The third kappa shape index (κ3) is 2.89. The van der Waals surface area contributed by atoms with E-state index >= 15 is 0 Å². The van der Waals surface area contributed by atoms with E-state index in [0.29, 0.717) is 5.56 Å². The van der Waals surface area contributed by atoms with Gasteiger partial charge in [0.05, 0.1) is 0 Å². The largest absolute Gasteiger partial charge is 0.508 e. The van der Waals surface area contributed by atoms with Crippen molar-refractivity contribution < 1.29 is 19.5 Å². The molecule has 134 valence electrons. The summed E-state index contributed by atoms with van der Waals surface area (Å²) in [5, 5.41) is 11.7. The molecule has 0 aromatic heterocycles. The predicted octanol–water partition coefficient (Wildman–Crippen LogP) is 0.528. The maximum Gasteiger partial charge on any atom is 0.249 e. The fraction of sp³-hybridized carbons (Fsp3) is 0.471. The van der Waals surface area contributed by atoms with Crippen molar-refractivity contribution in [2.45, 2.75) is 49.0 Å². The molecule has 2 aliphatic rings. The summed E-state index contributed by atoms with van der Waals surface area (Å²) in [7, 11) is 0. The van der Waals surface area contributed by atoms with Crippen LogP contribution < -0.4 is 11.1 Å². The number of fused-ring (bicyclic) bond motifs is 1. The molecular weight excluding hydrogens is 342 g/mol. The molecule has 0 unspecified atom stereocenters. The first-order chi connectivity index (χ1) is 11.6. The molecule has 2 amide bonds. The van der Waals surface area contributed by atoms with E-state index in [1.165, 1.54) is 30.8 Å². The maximum absolute atomic E-state index is 12.5. The average Bonchev–Trinajstić information content (AvgIpc) is 2.80. The summed E-state index contributed by atoms with van der Waals surface area (Å²) in [4.78, 5) is 38.3. The van der Waals surface area contributed by atoms with Crippen LogP contribution in [0.5, 0.6) is 5.75 Å². The first-order valence-electron chi connectivity index (χ1n) is 7.99. The minimum atomic E-state index is -0.939. The molecule has 4 atom stereocenters. The number of nitrogens with two attached hydrogens (primary N) is 1. The Morgan fingerprint density at radius 3 is 2.48 bits per heavy atom.